The van der Waals surface area contributed by atoms with Crippen LogP contribution >= 0.6 is 0 Å². The summed E-state index contributed by atoms with van der Waals surface area (Å²) >= 11 is 0. The maximum atomic E-state index is 12.5. The van der Waals surface area contributed by atoms with Gasteiger partial charge in [0.05, 0.1) is 12.6 Å². The Balaban J connectivity index is 1.44. The summed E-state index contributed by atoms with van der Waals surface area (Å²) in [5.74, 6) is 1.57. The summed E-state index contributed by atoms with van der Waals surface area (Å²) in [7, 11) is 0. The first kappa shape index (κ1) is 16.3. The van der Waals surface area contributed by atoms with E-state index < -0.39 is 0 Å². The molecule has 128 valence electrons. The van der Waals surface area contributed by atoms with Crippen LogP contribution in [0, 0.1) is 11.8 Å². The van der Waals surface area contributed by atoms with Gasteiger partial charge in [0.2, 0.25) is 0 Å². The van der Waals surface area contributed by atoms with Crippen LogP contribution in [0.2, 0.25) is 0 Å². The van der Waals surface area contributed by atoms with E-state index in [0.717, 1.165) is 38.4 Å². The number of nitrogens with one attached hydrogen (secondary N) is 1. The molecule has 0 aromatic carbocycles. The van der Waals surface area contributed by atoms with Crippen molar-refractivity contribution in [1.82, 2.24) is 25.0 Å². The van der Waals surface area contributed by atoms with Crippen molar-refractivity contribution in [2.24, 2.45) is 11.8 Å². The molecule has 0 spiro atoms. The van der Waals surface area contributed by atoms with Crippen LogP contribution in [0.25, 0.3) is 0 Å². The van der Waals surface area contributed by atoms with Crippen LogP contribution in [0.15, 0.2) is 12.7 Å². The van der Waals surface area contributed by atoms with Crippen LogP contribution in [-0.4, -0.2) is 44.8 Å². The van der Waals surface area contributed by atoms with E-state index in [1.807, 2.05) is 9.58 Å². The number of carbonyl (C=O) groups is 1. The Morgan fingerprint density at radius 1 is 1.22 bits per heavy atom. The van der Waals surface area contributed by atoms with Gasteiger partial charge in [-0.15, -0.1) is 0 Å². The maximum Gasteiger partial charge on any atom is 0.317 e. The lowest BCUT2D eigenvalue weighted by molar-refractivity contribution is 0.180. The summed E-state index contributed by atoms with van der Waals surface area (Å²) < 4.78 is 1.82. The molecule has 2 fully saturated rings. The molecule has 1 N–H and O–H groups in total. The Bertz CT molecular complexity index is 481. The molecule has 0 bridgehead atoms. The molecule has 1 aliphatic carbocycles. The normalized spacial score (nSPS) is 28.0. The summed E-state index contributed by atoms with van der Waals surface area (Å²) in [4.78, 5) is 18.5. The summed E-state index contributed by atoms with van der Waals surface area (Å²) in [5, 5.41) is 7.33. The van der Waals surface area contributed by atoms with Gasteiger partial charge in [-0.25, -0.2) is 9.78 Å². The fraction of sp³-hybridized carbons (Fsp3) is 0.824. The number of hydrogen-bond acceptors (Lipinski definition) is 3. The number of likely N-dealkylation sites (tertiary alicyclic amines) is 1. The molecule has 3 rings (SSSR count). The van der Waals surface area contributed by atoms with Gasteiger partial charge in [-0.2, -0.15) is 5.10 Å². The third-order valence-corrected chi connectivity index (χ3v) is 5.59. The highest BCUT2D eigenvalue weighted by Gasteiger charge is 2.29. The Morgan fingerprint density at radius 3 is 2.70 bits per heavy atom. The molecule has 2 amide bonds. The van der Waals surface area contributed by atoms with Crippen LogP contribution < -0.4 is 5.32 Å². The lowest BCUT2D eigenvalue weighted by atomic mass is 9.81. The highest BCUT2D eigenvalue weighted by Crippen LogP contribution is 2.30. The molecule has 0 radical (unpaired) electrons. The first-order chi connectivity index (χ1) is 11.3. The van der Waals surface area contributed by atoms with E-state index in [9.17, 15) is 4.79 Å². The van der Waals surface area contributed by atoms with Crippen molar-refractivity contribution < 1.29 is 4.79 Å². The largest absolute Gasteiger partial charge is 0.338 e. The molecular formula is C17H29N5O. The fourth-order valence-corrected chi connectivity index (χ4v) is 4.01. The monoisotopic (exact) mass is 319 g/mol. The summed E-state index contributed by atoms with van der Waals surface area (Å²) in [6, 6.07) is 0.345. The van der Waals surface area contributed by atoms with E-state index in [4.69, 9.17) is 0 Å². The first-order valence-electron chi connectivity index (χ1n) is 9.13. The first-order valence-corrected chi connectivity index (χ1v) is 9.13. The van der Waals surface area contributed by atoms with E-state index in [1.165, 1.54) is 32.1 Å². The molecule has 1 aromatic rings. The third-order valence-electron chi connectivity index (χ3n) is 5.59. The molecule has 1 aliphatic heterocycles. The van der Waals surface area contributed by atoms with E-state index >= 15 is 0 Å². The SMILES string of the molecule is CCC1CCC(CNC(=O)N2CCCC2Cn2cncn2)CC1. The number of urea groups is 1. The molecule has 1 atom stereocenters. The Morgan fingerprint density at radius 2 is 2.00 bits per heavy atom. The highest BCUT2D eigenvalue weighted by atomic mass is 16.2. The predicted molar refractivity (Wildman–Crippen MR) is 88.9 cm³/mol. The molecule has 1 unspecified atom stereocenters. The smallest absolute Gasteiger partial charge is 0.317 e. The maximum absolute atomic E-state index is 12.5. The van der Waals surface area contributed by atoms with Gasteiger partial charge in [0.1, 0.15) is 12.7 Å². The standard InChI is InChI=1S/C17H29N5O/c1-2-14-5-7-15(8-6-14)10-19-17(23)22-9-3-4-16(22)11-21-13-18-12-20-21/h12-16H,2-11H2,1H3,(H,19,23). The Kier molecular flexibility index (Phi) is 5.51. The second kappa shape index (κ2) is 7.79. The van der Waals surface area contributed by atoms with Crippen LogP contribution in [0.3, 0.4) is 0 Å². The average molecular weight is 319 g/mol. The van der Waals surface area contributed by atoms with Crippen LogP contribution in [0.1, 0.15) is 51.9 Å². The zero-order valence-electron chi connectivity index (χ0n) is 14.2. The van der Waals surface area contributed by atoms with Gasteiger partial charge >= 0.3 is 6.03 Å². The minimum atomic E-state index is 0.102. The molecule has 2 aliphatic rings. The van der Waals surface area contributed by atoms with E-state index in [1.54, 1.807) is 12.7 Å². The molecule has 1 saturated heterocycles. The van der Waals surface area contributed by atoms with E-state index in [0.29, 0.717) is 5.92 Å². The lowest BCUT2D eigenvalue weighted by Gasteiger charge is -2.29. The number of amides is 2. The molecule has 6 nitrogen and oxygen atoms in total. The molecule has 1 aromatic heterocycles. The highest BCUT2D eigenvalue weighted by molar-refractivity contribution is 5.74. The lowest BCUT2D eigenvalue weighted by Crippen LogP contribution is -2.45. The number of aromatic nitrogens is 3. The molecule has 1 saturated carbocycles. The molecule has 23 heavy (non-hydrogen) atoms. The third kappa shape index (κ3) is 4.24. The second-order valence-electron chi connectivity index (χ2n) is 7.09. The minimum absolute atomic E-state index is 0.102. The van der Waals surface area contributed by atoms with Gasteiger partial charge in [0.25, 0.3) is 0 Å². The quantitative estimate of drug-likeness (QED) is 0.907. The summed E-state index contributed by atoms with van der Waals surface area (Å²) in [6.07, 6.45) is 11.9. The molecule has 2 heterocycles. The zero-order chi connectivity index (χ0) is 16.1. The van der Waals surface area contributed by atoms with Crippen molar-refractivity contribution in [3.05, 3.63) is 12.7 Å². The summed E-state index contributed by atoms with van der Waals surface area (Å²) in [6.45, 7) is 4.72. The number of rotatable bonds is 5. The van der Waals surface area contributed by atoms with Gasteiger partial charge in [-0.1, -0.05) is 26.2 Å². The minimum Gasteiger partial charge on any atom is -0.338 e. The van der Waals surface area contributed by atoms with Gasteiger partial charge in [-0.05, 0) is 37.5 Å². The van der Waals surface area contributed by atoms with Crippen molar-refractivity contribution in [3.8, 4) is 0 Å². The second-order valence-corrected chi connectivity index (χ2v) is 7.09. The van der Waals surface area contributed by atoms with Crippen molar-refractivity contribution in [3.63, 3.8) is 0 Å². The van der Waals surface area contributed by atoms with Crippen molar-refractivity contribution in [2.45, 2.75) is 64.5 Å². The van der Waals surface area contributed by atoms with Crippen molar-refractivity contribution >= 4 is 6.03 Å². The van der Waals surface area contributed by atoms with Crippen LogP contribution in [0.4, 0.5) is 4.79 Å². The Labute approximate surface area is 138 Å². The van der Waals surface area contributed by atoms with Crippen molar-refractivity contribution in [1.29, 1.82) is 0 Å². The number of hydrogen-bond donors (Lipinski definition) is 1. The average Bonchev–Trinajstić information content (AvgIpc) is 3.25. The van der Waals surface area contributed by atoms with Gasteiger partial charge < -0.3 is 10.2 Å². The van der Waals surface area contributed by atoms with Crippen LogP contribution in [0.5, 0.6) is 0 Å². The summed E-state index contributed by atoms with van der Waals surface area (Å²) in [5.41, 5.74) is 0. The molecular weight excluding hydrogens is 290 g/mol. The Hall–Kier alpha value is -1.59. The van der Waals surface area contributed by atoms with Gasteiger partial charge in [0.15, 0.2) is 0 Å². The molecule has 6 heteroatoms. The predicted octanol–water partition coefficient (Wildman–Crippen LogP) is 2.67. The van der Waals surface area contributed by atoms with Gasteiger partial charge in [0, 0.05) is 13.1 Å². The number of nitrogens with zero attached hydrogens (tertiary/aromatic N) is 4. The van der Waals surface area contributed by atoms with Crippen molar-refractivity contribution in [2.75, 3.05) is 13.1 Å². The van der Waals surface area contributed by atoms with Crippen LogP contribution in [-0.2, 0) is 6.54 Å². The van der Waals surface area contributed by atoms with E-state index in [-0.39, 0.29) is 12.1 Å². The fourth-order valence-electron chi connectivity index (χ4n) is 4.01. The van der Waals surface area contributed by atoms with Gasteiger partial charge in [-0.3, -0.25) is 4.68 Å². The number of carbonyl (C=O) groups excluding carboxylic acids is 1. The topological polar surface area (TPSA) is 63.1 Å². The van der Waals surface area contributed by atoms with E-state index in [2.05, 4.69) is 22.3 Å². The zero-order valence-corrected chi connectivity index (χ0v) is 14.2.